The van der Waals surface area contributed by atoms with Crippen LogP contribution in [0.2, 0.25) is 0 Å². The Bertz CT molecular complexity index is 187. The molecule has 0 aliphatic carbocycles. The Hall–Kier alpha value is -0.860. The maximum Gasteiger partial charge on any atom is 0.374 e. The van der Waals surface area contributed by atoms with Crippen LogP contribution in [0.15, 0.2) is 0 Å². The van der Waals surface area contributed by atoms with Gasteiger partial charge in [0.15, 0.2) is 0 Å². The quantitative estimate of drug-likeness (QED) is 0.337. The van der Waals surface area contributed by atoms with Crippen LogP contribution in [0, 0.1) is 0 Å². The zero-order chi connectivity index (χ0) is 11.5. The number of hydrogen-bond acceptors (Lipinski definition) is 3. The molecule has 0 unspecified atom stereocenters. The van der Waals surface area contributed by atoms with E-state index in [4.69, 9.17) is 4.74 Å². The van der Waals surface area contributed by atoms with Crippen molar-refractivity contribution in [1.82, 2.24) is 0 Å². The van der Waals surface area contributed by atoms with Crippen LogP contribution in [0.25, 0.3) is 0 Å². The van der Waals surface area contributed by atoms with Crippen molar-refractivity contribution in [3.05, 3.63) is 0 Å². The van der Waals surface area contributed by atoms with E-state index in [9.17, 15) is 9.59 Å². The lowest BCUT2D eigenvalue weighted by Crippen LogP contribution is -2.17. The van der Waals surface area contributed by atoms with Crippen LogP contribution in [-0.4, -0.2) is 18.4 Å². The Labute approximate surface area is 92.2 Å². The molecule has 0 bridgehead atoms. The molecule has 0 radical (unpaired) electrons. The summed E-state index contributed by atoms with van der Waals surface area (Å²) in [6, 6.07) is 0. The highest BCUT2D eigenvalue weighted by atomic mass is 16.5. The van der Waals surface area contributed by atoms with E-state index in [1.54, 1.807) is 0 Å². The highest BCUT2D eigenvalue weighted by Crippen LogP contribution is 2.03. The van der Waals surface area contributed by atoms with Crippen molar-refractivity contribution in [2.24, 2.45) is 0 Å². The van der Waals surface area contributed by atoms with E-state index in [2.05, 4.69) is 6.92 Å². The molecule has 0 spiro atoms. The summed E-state index contributed by atoms with van der Waals surface area (Å²) in [7, 11) is 0. The Morgan fingerprint density at radius 2 is 1.60 bits per heavy atom. The van der Waals surface area contributed by atoms with E-state index in [0.29, 0.717) is 13.0 Å². The van der Waals surface area contributed by atoms with E-state index >= 15 is 0 Å². The molecule has 0 saturated carbocycles. The normalized spacial score (nSPS) is 10.0. The first-order chi connectivity index (χ1) is 7.22. The van der Waals surface area contributed by atoms with Gasteiger partial charge in [0.05, 0.1) is 6.61 Å². The minimum atomic E-state index is -0.653. The van der Waals surface area contributed by atoms with Crippen molar-refractivity contribution in [2.75, 3.05) is 6.61 Å². The number of ether oxygens (including phenoxy) is 1. The largest absolute Gasteiger partial charge is 0.460 e. The topological polar surface area (TPSA) is 43.4 Å². The maximum absolute atomic E-state index is 11.2. The minimum absolute atomic E-state index is 0.338. The fourth-order valence-corrected chi connectivity index (χ4v) is 1.20. The maximum atomic E-state index is 11.2. The molecule has 0 saturated heterocycles. The number of unbranched alkanes of at least 4 members (excludes halogenated alkanes) is 4. The molecule has 0 heterocycles. The average Bonchev–Trinajstić information content (AvgIpc) is 2.24. The first kappa shape index (κ1) is 14.1. The van der Waals surface area contributed by atoms with E-state index < -0.39 is 5.97 Å². The molecule has 0 fully saturated rings. The van der Waals surface area contributed by atoms with Crippen LogP contribution in [0.3, 0.4) is 0 Å². The number of esters is 1. The van der Waals surface area contributed by atoms with E-state index in [-0.39, 0.29) is 5.78 Å². The van der Waals surface area contributed by atoms with E-state index in [1.165, 1.54) is 0 Å². The number of hydrogen-bond donors (Lipinski definition) is 0. The van der Waals surface area contributed by atoms with Gasteiger partial charge >= 0.3 is 5.97 Å². The summed E-state index contributed by atoms with van der Waals surface area (Å²) in [6.45, 7) is 4.50. The second-order valence-corrected chi connectivity index (χ2v) is 3.72. The van der Waals surface area contributed by atoms with Crippen molar-refractivity contribution in [3.8, 4) is 0 Å². The lowest BCUT2D eigenvalue weighted by atomic mass is 10.1. The monoisotopic (exact) mass is 214 g/mol. The van der Waals surface area contributed by atoms with Gasteiger partial charge in [-0.3, -0.25) is 4.79 Å². The zero-order valence-electron chi connectivity index (χ0n) is 9.88. The first-order valence-electron chi connectivity index (χ1n) is 5.92. The predicted octanol–water partition coefficient (Wildman–Crippen LogP) is 2.87. The van der Waals surface area contributed by atoms with Crippen LogP contribution in [0.1, 0.15) is 58.8 Å². The van der Waals surface area contributed by atoms with Crippen LogP contribution >= 0.6 is 0 Å². The van der Waals surface area contributed by atoms with Gasteiger partial charge < -0.3 is 4.74 Å². The van der Waals surface area contributed by atoms with Crippen molar-refractivity contribution in [3.63, 3.8) is 0 Å². The highest BCUT2D eigenvalue weighted by Gasteiger charge is 2.13. The fourth-order valence-electron chi connectivity index (χ4n) is 1.20. The molecule has 0 aromatic carbocycles. The number of Topliss-reactive ketones (excluding diaryl/α,β-unsaturated/α-hetero) is 1. The van der Waals surface area contributed by atoms with Crippen molar-refractivity contribution >= 4 is 11.8 Å². The van der Waals surface area contributed by atoms with Crippen LogP contribution in [0.5, 0.6) is 0 Å². The Kier molecular flexibility index (Phi) is 9.13. The Morgan fingerprint density at radius 3 is 2.20 bits per heavy atom. The smallest absolute Gasteiger partial charge is 0.374 e. The molecule has 0 rings (SSSR count). The van der Waals surface area contributed by atoms with Gasteiger partial charge in [-0.15, -0.1) is 0 Å². The Morgan fingerprint density at radius 1 is 0.933 bits per heavy atom. The van der Waals surface area contributed by atoms with Gasteiger partial charge in [0, 0.05) is 6.42 Å². The number of carbonyl (C=O) groups is 2. The Balaban J connectivity index is 3.47. The standard InChI is InChI=1S/C12H22O3/c1-3-5-7-8-9-11(13)12(14)15-10-6-4-2/h3-10H2,1-2H3. The van der Waals surface area contributed by atoms with Gasteiger partial charge in [0.25, 0.3) is 0 Å². The number of ketones is 1. The molecule has 0 aliphatic rings. The molecule has 3 heteroatoms. The number of carbonyl (C=O) groups excluding carboxylic acids is 2. The third-order valence-corrected chi connectivity index (χ3v) is 2.22. The fraction of sp³-hybridized carbons (Fsp3) is 0.833. The summed E-state index contributed by atoms with van der Waals surface area (Å²) in [4.78, 5) is 22.3. The summed E-state index contributed by atoms with van der Waals surface area (Å²) >= 11 is 0. The number of rotatable bonds is 9. The summed E-state index contributed by atoms with van der Waals surface area (Å²) in [5.74, 6) is -1.03. The molecular formula is C12H22O3. The molecule has 15 heavy (non-hydrogen) atoms. The third kappa shape index (κ3) is 8.16. The van der Waals surface area contributed by atoms with Gasteiger partial charge in [-0.1, -0.05) is 39.5 Å². The molecule has 0 aromatic rings. The summed E-state index contributed by atoms with van der Waals surface area (Å²) < 4.78 is 4.81. The van der Waals surface area contributed by atoms with Crippen LogP contribution in [0.4, 0.5) is 0 Å². The molecule has 0 aliphatic heterocycles. The van der Waals surface area contributed by atoms with Crippen LogP contribution < -0.4 is 0 Å². The second-order valence-electron chi connectivity index (χ2n) is 3.72. The molecular weight excluding hydrogens is 192 g/mol. The molecule has 0 atom stereocenters. The summed E-state index contributed by atoms with van der Waals surface area (Å²) in [6.07, 6.45) is 6.21. The van der Waals surface area contributed by atoms with Crippen molar-refractivity contribution in [2.45, 2.75) is 58.8 Å². The van der Waals surface area contributed by atoms with Crippen molar-refractivity contribution < 1.29 is 14.3 Å². The lowest BCUT2D eigenvalue weighted by Gasteiger charge is -2.02. The molecule has 0 N–H and O–H groups in total. The summed E-state index contributed by atoms with van der Waals surface area (Å²) in [5, 5.41) is 0. The zero-order valence-corrected chi connectivity index (χ0v) is 9.88. The minimum Gasteiger partial charge on any atom is -0.460 e. The summed E-state index contributed by atoms with van der Waals surface area (Å²) in [5.41, 5.74) is 0. The van der Waals surface area contributed by atoms with Gasteiger partial charge in [0.1, 0.15) is 0 Å². The average molecular weight is 214 g/mol. The van der Waals surface area contributed by atoms with Crippen LogP contribution in [-0.2, 0) is 14.3 Å². The van der Waals surface area contributed by atoms with Gasteiger partial charge in [0.2, 0.25) is 5.78 Å². The highest BCUT2D eigenvalue weighted by molar-refractivity contribution is 6.33. The molecule has 3 nitrogen and oxygen atoms in total. The van der Waals surface area contributed by atoms with Gasteiger partial charge in [-0.05, 0) is 12.8 Å². The molecule has 0 amide bonds. The third-order valence-electron chi connectivity index (χ3n) is 2.22. The lowest BCUT2D eigenvalue weighted by molar-refractivity contribution is -0.154. The van der Waals surface area contributed by atoms with Crippen molar-refractivity contribution in [1.29, 1.82) is 0 Å². The van der Waals surface area contributed by atoms with Gasteiger partial charge in [-0.25, -0.2) is 4.79 Å². The predicted molar refractivity (Wildman–Crippen MR) is 59.6 cm³/mol. The SMILES string of the molecule is CCCCCCC(=O)C(=O)OCCCC. The second kappa shape index (κ2) is 9.69. The molecule has 0 aromatic heterocycles. The van der Waals surface area contributed by atoms with Gasteiger partial charge in [-0.2, -0.15) is 0 Å². The molecule has 88 valence electrons. The van der Waals surface area contributed by atoms with E-state index in [0.717, 1.165) is 38.5 Å². The first-order valence-corrected chi connectivity index (χ1v) is 5.92. The van der Waals surface area contributed by atoms with E-state index in [1.807, 2.05) is 6.92 Å².